The fourth-order valence-electron chi connectivity index (χ4n) is 2.89. The van der Waals surface area contributed by atoms with Crippen molar-refractivity contribution < 1.29 is 9.90 Å². The third-order valence-electron chi connectivity index (χ3n) is 4.08. The van der Waals surface area contributed by atoms with Gasteiger partial charge in [0, 0.05) is 12.6 Å². The van der Waals surface area contributed by atoms with E-state index in [0.717, 1.165) is 37.8 Å². The van der Waals surface area contributed by atoms with Crippen LogP contribution < -0.4 is 5.32 Å². The van der Waals surface area contributed by atoms with Gasteiger partial charge in [-0.2, -0.15) is 0 Å². The highest BCUT2D eigenvalue weighted by atomic mass is 16.3. The second kappa shape index (κ2) is 5.94. The summed E-state index contributed by atoms with van der Waals surface area (Å²) < 4.78 is 0. The Hall–Kier alpha value is -1.39. The lowest BCUT2D eigenvalue weighted by Gasteiger charge is -2.36. The van der Waals surface area contributed by atoms with Crippen LogP contribution in [0.2, 0.25) is 0 Å². The highest BCUT2D eigenvalue weighted by molar-refractivity contribution is 5.83. The summed E-state index contributed by atoms with van der Waals surface area (Å²) >= 11 is 0. The van der Waals surface area contributed by atoms with E-state index in [2.05, 4.69) is 10.2 Å². The molecule has 0 bridgehead atoms. The fourth-order valence-corrected chi connectivity index (χ4v) is 2.89. The number of nitrogens with one attached hydrogen (secondary N) is 1. The molecule has 1 saturated heterocycles. The summed E-state index contributed by atoms with van der Waals surface area (Å²) in [5.41, 5.74) is 1.01. The van der Waals surface area contributed by atoms with Crippen molar-refractivity contribution in [3.8, 4) is 0 Å². The van der Waals surface area contributed by atoms with E-state index in [1.807, 2.05) is 30.3 Å². The monoisotopic (exact) mass is 274 g/mol. The van der Waals surface area contributed by atoms with Gasteiger partial charge in [-0.15, -0.1) is 0 Å². The number of carbonyl (C=O) groups is 1. The first-order chi connectivity index (χ1) is 9.74. The van der Waals surface area contributed by atoms with Gasteiger partial charge in [0.2, 0.25) is 5.91 Å². The lowest BCUT2D eigenvalue weighted by atomic mass is 10.00. The SMILES string of the molecule is O=C(NC1CC1)[C@@H](c1ccccc1)N1CCC[C@@H](O)C1. The summed E-state index contributed by atoms with van der Waals surface area (Å²) in [5.74, 6) is 0.0767. The topological polar surface area (TPSA) is 52.6 Å². The molecule has 0 aromatic heterocycles. The Morgan fingerprint density at radius 2 is 2.00 bits per heavy atom. The molecule has 108 valence electrons. The van der Waals surface area contributed by atoms with Crippen LogP contribution in [0, 0.1) is 0 Å². The van der Waals surface area contributed by atoms with Crippen LogP contribution in [0.1, 0.15) is 37.3 Å². The molecule has 1 aliphatic carbocycles. The molecule has 1 aliphatic heterocycles. The van der Waals surface area contributed by atoms with Crippen LogP contribution in [-0.2, 0) is 4.79 Å². The third kappa shape index (κ3) is 3.19. The number of hydrogen-bond donors (Lipinski definition) is 2. The predicted octanol–water partition coefficient (Wildman–Crippen LogP) is 1.46. The third-order valence-corrected chi connectivity index (χ3v) is 4.08. The molecule has 1 aromatic rings. The second-order valence-electron chi connectivity index (χ2n) is 5.89. The Morgan fingerprint density at radius 1 is 1.25 bits per heavy atom. The zero-order valence-corrected chi connectivity index (χ0v) is 11.7. The first kappa shape index (κ1) is 13.6. The summed E-state index contributed by atoms with van der Waals surface area (Å²) in [5, 5.41) is 13.0. The van der Waals surface area contributed by atoms with Crippen LogP contribution in [0.25, 0.3) is 0 Å². The number of nitrogens with zero attached hydrogens (tertiary/aromatic N) is 1. The number of aliphatic hydroxyl groups excluding tert-OH is 1. The van der Waals surface area contributed by atoms with Crippen molar-refractivity contribution in [2.45, 2.75) is 43.9 Å². The molecule has 0 radical (unpaired) electrons. The van der Waals surface area contributed by atoms with Crippen molar-refractivity contribution in [2.24, 2.45) is 0 Å². The molecule has 0 spiro atoms. The summed E-state index contributed by atoms with van der Waals surface area (Å²) in [6, 6.07) is 9.98. The smallest absolute Gasteiger partial charge is 0.242 e. The molecule has 4 heteroatoms. The molecular weight excluding hydrogens is 252 g/mol. The van der Waals surface area contributed by atoms with E-state index < -0.39 is 0 Å². The maximum atomic E-state index is 12.6. The lowest BCUT2D eigenvalue weighted by Crippen LogP contribution is -2.47. The van der Waals surface area contributed by atoms with Gasteiger partial charge in [-0.3, -0.25) is 9.69 Å². The second-order valence-corrected chi connectivity index (χ2v) is 5.89. The van der Waals surface area contributed by atoms with Gasteiger partial charge >= 0.3 is 0 Å². The van der Waals surface area contributed by atoms with E-state index in [0.29, 0.717) is 12.6 Å². The first-order valence-electron chi connectivity index (χ1n) is 7.51. The number of amides is 1. The number of piperidine rings is 1. The average molecular weight is 274 g/mol. The van der Waals surface area contributed by atoms with Gasteiger partial charge in [-0.05, 0) is 37.8 Å². The maximum Gasteiger partial charge on any atom is 0.242 e. The van der Waals surface area contributed by atoms with E-state index in [1.54, 1.807) is 0 Å². The van der Waals surface area contributed by atoms with Crippen molar-refractivity contribution in [1.82, 2.24) is 10.2 Å². The van der Waals surface area contributed by atoms with Crippen molar-refractivity contribution in [3.63, 3.8) is 0 Å². The Bertz CT molecular complexity index is 459. The molecule has 2 atom stereocenters. The zero-order chi connectivity index (χ0) is 13.9. The number of hydrogen-bond acceptors (Lipinski definition) is 3. The number of benzene rings is 1. The number of likely N-dealkylation sites (tertiary alicyclic amines) is 1. The molecule has 4 nitrogen and oxygen atoms in total. The van der Waals surface area contributed by atoms with Crippen LogP contribution in [0.3, 0.4) is 0 Å². The molecule has 1 heterocycles. The van der Waals surface area contributed by atoms with Crippen LogP contribution in [0.4, 0.5) is 0 Å². The Balaban J connectivity index is 1.80. The van der Waals surface area contributed by atoms with Gasteiger partial charge in [0.05, 0.1) is 6.10 Å². The van der Waals surface area contributed by atoms with E-state index in [4.69, 9.17) is 0 Å². The van der Waals surface area contributed by atoms with E-state index in [9.17, 15) is 9.90 Å². The summed E-state index contributed by atoms with van der Waals surface area (Å²) in [6.07, 6.45) is 3.65. The molecule has 2 N–H and O–H groups in total. The van der Waals surface area contributed by atoms with Gasteiger partial charge < -0.3 is 10.4 Å². The minimum atomic E-state index is -0.316. The highest BCUT2D eigenvalue weighted by Crippen LogP contribution is 2.27. The van der Waals surface area contributed by atoms with Crippen LogP contribution in [0.15, 0.2) is 30.3 Å². The molecule has 1 aromatic carbocycles. The summed E-state index contributed by atoms with van der Waals surface area (Å²) in [6.45, 7) is 1.45. The molecule has 2 fully saturated rings. The quantitative estimate of drug-likeness (QED) is 0.874. The predicted molar refractivity (Wildman–Crippen MR) is 77.2 cm³/mol. The van der Waals surface area contributed by atoms with Crippen LogP contribution in [-0.4, -0.2) is 41.1 Å². The number of carbonyl (C=O) groups excluding carboxylic acids is 1. The minimum absolute atomic E-state index is 0.0767. The van der Waals surface area contributed by atoms with Gasteiger partial charge in [0.15, 0.2) is 0 Å². The van der Waals surface area contributed by atoms with Crippen LogP contribution >= 0.6 is 0 Å². The Labute approximate surface area is 119 Å². The van der Waals surface area contributed by atoms with E-state index in [1.165, 1.54) is 0 Å². The van der Waals surface area contributed by atoms with Gasteiger partial charge in [0.25, 0.3) is 0 Å². The lowest BCUT2D eigenvalue weighted by molar-refractivity contribution is -0.128. The summed E-state index contributed by atoms with van der Waals surface area (Å²) in [7, 11) is 0. The fraction of sp³-hybridized carbons (Fsp3) is 0.562. The molecule has 1 saturated carbocycles. The van der Waals surface area contributed by atoms with Crippen molar-refractivity contribution in [1.29, 1.82) is 0 Å². The number of rotatable bonds is 4. The molecule has 2 aliphatic rings. The number of aliphatic hydroxyl groups is 1. The van der Waals surface area contributed by atoms with Crippen LogP contribution in [0.5, 0.6) is 0 Å². The standard InChI is InChI=1S/C16H22N2O2/c19-14-7-4-10-18(11-14)15(12-5-2-1-3-6-12)16(20)17-13-8-9-13/h1-3,5-6,13-15,19H,4,7-11H2,(H,17,20)/t14-,15-/m1/s1. The average Bonchev–Trinajstić information content (AvgIpc) is 3.24. The van der Waals surface area contributed by atoms with Crippen molar-refractivity contribution >= 4 is 5.91 Å². The van der Waals surface area contributed by atoms with Gasteiger partial charge in [-0.25, -0.2) is 0 Å². The first-order valence-corrected chi connectivity index (χ1v) is 7.51. The molecule has 3 rings (SSSR count). The maximum absolute atomic E-state index is 12.6. The van der Waals surface area contributed by atoms with Crippen molar-refractivity contribution in [2.75, 3.05) is 13.1 Å². The molecular formula is C16H22N2O2. The van der Waals surface area contributed by atoms with Crippen molar-refractivity contribution in [3.05, 3.63) is 35.9 Å². The highest BCUT2D eigenvalue weighted by Gasteiger charge is 2.34. The normalized spacial score (nSPS) is 25.1. The zero-order valence-electron chi connectivity index (χ0n) is 11.7. The molecule has 1 amide bonds. The summed E-state index contributed by atoms with van der Waals surface area (Å²) in [4.78, 5) is 14.7. The minimum Gasteiger partial charge on any atom is -0.392 e. The molecule has 20 heavy (non-hydrogen) atoms. The largest absolute Gasteiger partial charge is 0.392 e. The van der Waals surface area contributed by atoms with E-state index in [-0.39, 0.29) is 18.1 Å². The van der Waals surface area contributed by atoms with Gasteiger partial charge in [0.1, 0.15) is 6.04 Å². The van der Waals surface area contributed by atoms with E-state index >= 15 is 0 Å². The number of β-amino-alcohol motifs (C(OH)–C–C–N with tert-alkyl or cyclic N) is 1. The van der Waals surface area contributed by atoms with Gasteiger partial charge in [-0.1, -0.05) is 30.3 Å². The Kier molecular flexibility index (Phi) is 4.03. The Morgan fingerprint density at radius 3 is 2.65 bits per heavy atom. The molecule has 0 unspecified atom stereocenters.